The number of ether oxygens (including phenoxy) is 1. The molecule has 14 heavy (non-hydrogen) atoms. The van der Waals surface area contributed by atoms with Gasteiger partial charge in [0.1, 0.15) is 0 Å². The highest BCUT2D eigenvalue weighted by atomic mass is 16.5. The fraction of sp³-hybridized carbons (Fsp3) is 0.727. The minimum Gasteiger partial charge on any atom is -0.377 e. The molecule has 0 atom stereocenters. The molecule has 0 unspecified atom stereocenters. The van der Waals surface area contributed by atoms with Gasteiger partial charge in [-0.1, -0.05) is 18.9 Å². The van der Waals surface area contributed by atoms with Gasteiger partial charge < -0.3 is 10.1 Å². The molecule has 0 saturated heterocycles. The molecular weight excluding hydrogens is 178 g/mol. The number of carbonyl (C=O) groups is 1. The van der Waals surface area contributed by atoms with Crippen LogP contribution >= 0.6 is 0 Å². The number of carbonyl (C=O) groups excluding carboxylic acids is 1. The van der Waals surface area contributed by atoms with Gasteiger partial charge in [0.2, 0.25) is 5.91 Å². The lowest BCUT2D eigenvalue weighted by atomic mass is 10.1. The Morgan fingerprint density at radius 2 is 2.07 bits per heavy atom. The van der Waals surface area contributed by atoms with Crippen LogP contribution in [0, 0.1) is 0 Å². The van der Waals surface area contributed by atoms with Crippen LogP contribution in [0.3, 0.4) is 0 Å². The zero-order chi connectivity index (χ0) is 10.6. The van der Waals surface area contributed by atoms with E-state index in [1.54, 1.807) is 13.1 Å². The Morgan fingerprint density at radius 1 is 1.36 bits per heavy atom. The Balaban J connectivity index is 2.98. The van der Waals surface area contributed by atoms with Crippen LogP contribution in [-0.4, -0.2) is 26.2 Å². The van der Waals surface area contributed by atoms with Crippen molar-refractivity contribution in [1.29, 1.82) is 0 Å². The van der Waals surface area contributed by atoms with Gasteiger partial charge in [-0.05, 0) is 12.8 Å². The Kier molecular flexibility index (Phi) is 9.64. The summed E-state index contributed by atoms with van der Waals surface area (Å²) in [5, 5.41) is 2.61. The van der Waals surface area contributed by atoms with Gasteiger partial charge in [-0.25, -0.2) is 0 Å². The van der Waals surface area contributed by atoms with Crippen LogP contribution in [0.25, 0.3) is 0 Å². The Morgan fingerprint density at radius 3 is 2.71 bits per heavy atom. The molecule has 0 radical (unpaired) electrons. The SMILES string of the molecule is C=CCOCCCCCCC(=O)NC. The zero-order valence-corrected chi connectivity index (χ0v) is 9.05. The van der Waals surface area contributed by atoms with E-state index < -0.39 is 0 Å². The molecule has 0 spiro atoms. The van der Waals surface area contributed by atoms with E-state index in [2.05, 4.69) is 11.9 Å². The van der Waals surface area contributed by atoms with Gasteiger partial charge >= 0.3 is 0 Å². The predicted octanol–water partition coefficient (Wildman–Crippen LogP) is 1.89. The predicted molar refractivity (Wildman–Crippen MR) is 58.2 cm³/mol. The van der Waals surface area contributed by atoms with E-state index in [-0.39, 0.29) is 5.91 Å². The van der Waals surface area contributed by atoms with E-state index in [0.717, 1.165) is 32.3 Å². The van der Waals surface area contributed by atoms with Crippen LogP contribution in [-0.2, 0) is 9.53 Å². The molecule has 0 bridgehead atoms. The number of amides is 1. The molecule has 0 fully saturated rings. The molecule has 3 heteroatoms. The number of unbranched alkanes of at least 4 members (excludes halogenated alkanes) is 3. The van der Waals surface area contributed by atoms with Crippen molar-refractivity contribution in [3.8, 4) is 0 Å². The number of rotatable bonds is 9. The number of hydrogen-bond donors (Lipinski definition) is 1. The molecule has 0 aromatic carbocycles. The standard InChI is InChI=1S/C11H21NO2/c1-3-9-14-10-7-5-4-6-8-11(13)12-2/h3H,1,4-10H2,2H3,(H,12,13). The fourth-order valence-corrected chi connectivity index (χ4v) is 1.13. The lowest BCUT2D eigenvalue weighted by Gasteiger charge is -2.01. The van der Waals surface area contributed by atoms with Gasteiger partial charge in [-0.3, -0.25) is 4.79 Å². The molecule has 82 valence electrons. The summed E-state index contributed by atoms with van der Waals surface area (Å²) in [7, 11) is 1.67. The quantitative estimate of drug-likeness (QED) is 0.455. The van der Waals surface area contributed by atoms with Crippen LogP contribution in [0.1, 0.15) is 32.1 Å². The second-order valence-electron chi connectivity index (χ2n) is 3.20. The van der Waals surface area contributed by atoms with Crippen molar-refractivity contribution in [2.24, 2.45) is 0 Å². The summed E-state index contributed by atoms with van der Waals surface area (Å²) >= 11 is 0. The van der Waals surface area contributed by atoms with Crippen LogP contribution < -0.4 is 5.32 Å². The molecular formula is C11H21NO2. The first kappa shape index (κ1) is 13.2. The topological polar surface area (TPSA) is 38.3 Å². The Hall–Kier alpha value is -0.830. The van der Waals surface area contributed by atoms with Crippen molar-refractivity contribution in [2.45, 2.75) is 32.1 Å². The molecule has 0 aromatic heterocycles. The molecule has 3 nitrogen and oxygen atoms in total. The zero-order valence-electron chi connectivity index (χ0n) is 9.05. The number of hydrogen-bond acceptors (Lipinski definition) is 2. The van der Waals surface area contributed by atoms with Gasteiger partial charge in [0, 0.05) is 20.1 Å². The van der Waals surface area contributed by atoms with Gasteiger partial charge in [-0.15, -0.1) is 6.58 Å². The molecule has 0 rings (SSSR count). The third-order valence-corrected chi connectivity index (χ3v) is 1.96. The molecule has 1 N–H and O–H groups in total. The van der Waals surface area contributed by atoms with Crippen molar-refractivity contribution >= 4 is 5.91 Å². The maximum absolute atomic E-state index is 10.8. The van der Waals surface area contributed by atoms with Crippen molar-refractivity contribution < 1.29 is 9.53 Å². The smallest absolute Gasteiger partial charge is 0.219 e. The molecule has 0 aromatic rings. The average molecular weight is 199 g/mol. The van der Waals surface area contributed by atoms with Gasteiger partial charge in [0.05, 0.1) is 6.61 Å². The van der Waals surface area contributed by atoms with Crippen LogP contribution in [0.2, 0.25) is 0 Å². The van der Waals surface area contributed by atoms with Gasteiger partial charge in [0.25, 0.3) is 0 Å². The largest absolute Gasteiger partial charge is 0.377 e. The second-order valence-corrected chi connectivity index (χ2v) is 3.20. The highest BCUT2D eigenvalue weighted by Crippen LogP contribution is 2.02. The summed E-state index contributed by atoms with van der Waals surface area (Å²) < 4.78 is 5.23. The maximum Gasteiger partial charge on any atom is 0.219 e. The van der Waals surface area contributed by atoms with Crippen molar-refractivity contribution in [3.63, 3.8) is 0 Å². The molecule has 0 aliphatic carbocycles. The summed E-state index contributed by atoms with van der Waals surface area (Å²) in [6.07, 6.45) is 6.68. The lowest BCUT2D eigenvalue weighted by molar-refractivity contribution is -0.120. The van der Waals surface area contributed by atoms with E-state index in [0.29, 0.717) is 13.0 Å². The van der Waals surface area contributed by atoms with Crippen LogP contribution in [0.15, 0.2) is 12.7 Å². The Bertz CT molecular complexity index is 157. The van der Waals surface area contributed by atoms with Crippen LogP contribution in [0.4, 0.5) is 0 Å². The molecule has 0 heterocycles. The minimum atomic E-state index is 0.132. The first-order chi connectivity index (χ1) is 6.81. The monoisotopic (exact) mass is 199 g/mol. The summed E-state index contributed by atoms with van der Waals surface area (Å²) in [6, 6.07) is 0. The molecule has 0 aliphatic rings. The number of nitrogens with one attached hydrogen (secondary N) is 1. The normalized spacial score (nSPS) is 9.79. The molecule has 0 aliphatic heterocycles. The average Bonchev–Trinajstić information content (AvgIpc) is 2.21. The van der Waals surface area contributed by atoms with Crippen LogP contribution in [0.5, 0.6) is 0 Å². The first-order valence-electron chi connectivity index (χ1n) is 5.20. The van der Waals surface area contributed by atoms with Gasteiger partial charge in [0.15, 0.2) is 0 Å². The Labute approximate surface area is 86.5 Å². The molecule has 0 saturated carbocycles. The third kappa shape index (κ3) is 9.26. The highest BCUT2D eigenvalue weighted by Gasteiger charge is 1.96. The fourth-order valence-electron chi connectivity index (χ4n) is 1.13. The highest BCUT2D eigenvalue weighted by molar-refractivity contribution is 5.75. The van der Waals surface area contributed by atoms with Crippen molar-refractivity contribution in [2.75, 3.05) is 20.3 Å². The van der Waals surface area contributed by atoms with E-state index >= 15 is 0 Å². The molecule has 1 amide bonds. The van der Waals surface area contributed by atoms with E-state index in [4.69, 9.17) is 4.74 Å². The van der Waals surface area contributed by atoms with E-state index in [1.807, 2.05) is 0 Å². The minimum absolute atomic E-state index is 0.132. The summed E-state index contributed by atoms with van der Waals surface area (Å²) in [5.74, 6) is 0.132. The summed E-state index contributed by atoms with van der Waals surface area (Å²) in [5.41, 5.74) is 0. The van der Waals surface area contributed by atoms with Gasteiger partial charge in [-0.2, -0.15) is 0 Å². The van der Waals surface area contributed by atoms with Crippen molar-refractivity contribution in [1.82, 2.24) is 5.32 Å². The third-order valence-electron chi connectivity index (χ3n) is 1.96. The van der Waals surface area contributed by atoms with Crippen molar-refractivity contribution in [3.05, 3.63) is 12.7 Å². The second kappa shape index (κ2) is 10.3. The summed E-state index contributed by atoms with van der Waals surface area (Å²) in [4.78, 5) is 10.8. The summed E-state index contributed by atoms with van der Waals surface area (Å²) in [6.45, 7) is 5.00. The van der Waals surface area contributed by atoms with E-state index in [1.165, 1.54) is 0 Å². The first-order valence-corrected chi connectivity index (χ1v) is 5.20. The van der Waals surface area contributed by atoms with E-state index in [9.17, 15) is 4.79 Å². The maximum atomic E-state index is 10.8. The lowest BCUT2D eigenvalue weighted by Crippen LogP contribution is -2.16.